The molecule has 0 bridgehead atoms. The summed E-state index contributed by atoms with van der Waals surface area (Å²) in [7, 11) is 0. The van der Waals surface area contributed by atoms with E-state index in [2.05, 4.69) is 13.8 Å². The number of nitrogens with two attached hydrogens (primary N) is 1. The van der Waals surface area contributed by atoms with Gasteiger partial charge in [0.1, 0.15) is 0 Å². The summed E-state index contributed by atoms with van der Waals surface area (Å²) >= 11 is 0. The van der Waals surface area contributed by atoms with E-state index in [4.69, 9.17) is 15.2 Å². The molecular formula is C42H83NO5. The summed E-state index contributed by atoms with van der Waals surface area (Å²) in [5.74, 6) is -0.389. The lowest BCUT2D eigenvalue weighted by Gasteiger charge is -2.26. The molecule has 0 aromatic rings. The average molecular weight is 682 g/mol. The van der Waals surface area contributed by atoms with Crippen molar-refractivity contribution < 1.29 is 24.2 Å². The van der Waals surface area contributed by atoms with Crippen LogP contribution in [-0.2, 0) is 19.1 Å². The predicted molar refractivity (Wildman–Crippen MR) is 204 cm³/mol. The third-order valence-electron chi connectivity index (χ3n) is 10.0. The summed E-state index contributed by atoms with van der Waals surface area (Å²) in [4.78, 5) is 24.3. The van der Waals surface area contributed by atoms with Crippen molar-refractivity contribution >= 4 is 11.9 Å². The predicted octanol–water partition coefficient (Wildman–Crippen LogP) is 12.1. The lowest BCUT2D eigenvalue weighted by molar-refractivity contribution is -0.144. The van der Waals surface area contributed by atoms with Gasteiger partial charge < -0.3 is 20.3 Å². The summed E-state index contributed by atoms with van der Waals surface area (Å²) in [6, 6.07) is 0. The van der Waals surface area contributed by atoms with Crippen LogP contribution in [0.2, 0.25) is 0 Å². The normalized spacial score (nSPS) is 11.7. The van der Waals surface area contributed by atoms with Crippen molar-refractivity contribution in [3.8, 4) is 0 Å². The number of hydrogen-bond acceptors (Lipinski definition) is 6. The number of esters is 2. The molecule has 0 aromatic heterocycles. The number of aliphatic hydroxyl groups excluding tert-OH is 1. The minimum Gasteiger partial charge on any atom is -0.466 e. The van der Waals surface area contributed by atoms with E-state index >= 15 is 0 Å². The van der Waals surface area contributed by atoms with Gasteiger partial charge in [0.05, 0.1) is 19.8 Å². The van der Waals surface area contributed by atoms with Gasteiger partial charge in [0.2, 0.25) is 0 Å². The molecule has 0 aliphatic carbocycles. The van der Waals surface area contributed by atoms with Gasteiger partial charge in [-0.25, -0.2) is 0 Å². The fourth-order valence-corrected chi connectivity index (χ4v) is 6.45. The van der Waals surface area contributed by atoms with E-state index < -0.39 is 5.54 Å². The molecule has 286 valence electrons. The molecule has 0 rings (SSSR count). The Balaban J connectivity index is 3.58. The minimum atomic E-state index is -0.913. The third-order valence-corrected chi connectivity index (χ3v) is 10.0. The van der Waals surface area contributed by atoms with Crippen LogP contribution in [0.5, 0.6) is 0 Å². The van der Waals surface area contributed by atoms with Crippen molar-refractivity contribution in [3.05, 3.63) is 0 Å². The topological polar surface area (TPSA) is 98.8 Å². The van der Waals surface area contributed by atoms with Crippen LogP contribution in [0.25, 0.3) is 0 Å². The fraction of sp³-hybridized carbons (Fsp3) is 0.952. The fourth-order valence-electron chi connectivity index (χ4n) is 6.45. The molecule has 0 amide bonds. The zero-order chi connectivity index (χ0) is 35.2. The van der Waals surface area contributed by atoms with Crippen molar-refractivity contribution in [2.24, 2.45) is 5.73 Å². The van der Waals surface area contributed by atoms with Crippen LogP contribution < -0.4 is 5.73 Å². The second-order valence-electron chi connectivity index (χ2n) is 14.9. The SMILES string of the molecule is CCCCCCCCCCCCCCCCCC(=O)OCCC(N)(CO)CCOC(=O)CCCCCCCCCCCCCCCCC. The van der Waals surface area contributed by atoms with Crippen molar-refractivity contribution in [2.75, 3.05) is 19.8 Å². The molecular weight excluding hydrogens is 598 g/mol. The largest absolute Gasteiger partial charge is 0.466 e. The smallest absolute Gasteiger partial charge is 0.305 e. The second kappa shape index (κ2) is 37.1. The van der Waals surface area contributed by atoms with Crippen LogP contribution in [-0.4, -0.2) is 42.4 Å². The number of unbranched alkanes of at least 4 members (excludes halogenated alkanes) is 28. The van der Waals surface area contributed by atoms with Gasteiger partial charge in [-0.3, -0.25) is 9.59 Å². The molecule has 48 heavy (non-hydrogen) atoms. The number of hydrogen-bond donors (Lipinski definition) is 2. The van der Waals surface area contributed by atoms with E-state index in [9.17, 15) is 14.7 Å². The molecule has 0 unspecified atom stereocenters. The highest BCUT2D eigenvalue weighted by Crippen LogP contribution is 2.17. The van der Waals surface area contributed by atoms with E-state index in [0.717, 1.165) is 25.7 Å². The Kier molecular flexibility index (Phi) is 36.2. The molecule has 3 N–H and O–H groups in total. The summed E-state index contributed by atoms with van der Waals surface area (Å²) in [6.45, 7) is 4.67. The first-order valence-corrected chi connectivity index (χ1v) is 21.2. The maximum atomic E-state index is 12.1. The molecule has 0 radical (unpaired) electrons. The van der Waals surface area contributed by atoms with E-state index in [1.165, 1.54) is 167 Å². The Hall–Kier alpha value is -1.14. The highest BCUT2D eigenvalue weighted by molar-refractivity contribution is 5.69. The van der Waals surface area contributed by atoms with Crippen LogP contribution >= 0.6 is 0 Å². The summed E-state index contributed by atoms with van der Waals surface area (Å²) in [6.07, 6.45) is 40.5. The van der Waals surface area contributed by atoms with E-state index in [1.807, 2.05) is 0 Å². The van der Waals surface area contributed by atoms with Gasteiger partial charge in [0.15, 0.2) is 0 Å². The molecule has 6 heteroatoms. The van der Waals surface area contributed by atoms with Crippen LogP contribution in [0, 0.1) is 0 Å². The van der Waals surface area contributed by atoms with Crippen LogP contribution in [0.15, 0.2) is 0 Å². The van der Waals surface area contributed by atoms with Crippen LogP contribution in [0.1, 0.15) is 232 Å². The first-order valence-electron chi connectivity index (χ1n) is 21.2. The first-order chi connectivity index (χ1) is 23.5. The Bertz CT molecular complexity index is 633. The molecule has 0 aromatic carbocycles. The highest BCUT2D eigenvalue weighted by Gasteiger charge is 2.25. The molecule has 0 saturated carbocycles. The number of carbonyl (C=O) groups is 2. The zero-order valence-corrected chi connectivity index (χ0v) is 32.3. The van der Waals surface area contributed by atoms with Gasteiger partial charge in [-0.05, 0) is 12.8 Å². The summed E-state index contributed by atoms with van der Waals surface area (Å²) < 4.78 is 10.8. The molecule has 0 aliphatic heterocycles. The number of ether oxygens (including phenoxy) is 2. The Morgan fingerprint density at radius 1 is 0.438 bits per heavy atom. The van der Waals surface area contributed by atoms with Gasteiger partial charge >= 0.3 is 11.9 Å². The van der Waals surface area contributed by atoms with E-state index in [-0.39, 0.29) is 31.8 Å². The van der Waals surface area contributed by atoms with Gasteiger partial charge in [0, 0.05) is 31.2 Å². The summed E-state index contributed by atoms with van der Waals surface area (Å²) in [5, 5.41) is 9.81. The van der Waals surface area contributed by atoms with Crippen molar-refractivity contribution in [1.29, 1.82) is 0 Å². The van der Waals surface area contributed by atoms with Gasteiger partial charge in [-0.15, -0.1) is 0 Å². The van der Waals surface area contributed by atoms with Crippen LogP contribution in [0.3, 0.4) is 0 Å². The number of aliphatic hydroxyl groups is 1. The van der Waals surface area contributed by atoms with Gasteiger partial charge in [-0.1, -0.05) is 194 Å². The maximum absolute atomic E-state index is 12.1. The van der Waals surface area contributed by atoms with Gasteiger partial charge in [0.25, 0.3) is 0 Å². The summed E-state index contributed by atoms with van der Waals surface area (Å²) in [5.41, 5.74) is 5.40. The molecule has 0 fully saturated rings. The quantitative estimate of drug-likeness (QED) is 0.0495. The molecule has 0 heterocycles. The van der Waals surface area contributed by atoms with E-state index in [0.29, 0.717) is 25.7 Å². The maximum Gasteiger partial charge on any atom is 0.305 e. The lowest BCUT2D eigenvalue weighted by atomic mass is 9.94. The zero-order valence-electron chi connectivity index (χ0n) is 32.3. The Morgan fingerprint density at radius 3 is 0.896 bits per heavy atom. The Labute approximate surface area is 298 Å². The van der Waals surface area contributed by atoms with E-state index in [1.54, 1.807) is 0 Å². The number of carbonyl (C=O) groups excluding carboxylic acids is 2. The first kappa shape index (κ1) is 46.9. The van der Waals surface area contributed by atoms with Crippen LogP contribution in [0.4, 0.5) is 0 Å². The molecule has 0 atom stereocenters. The van der Waals surface area contributed by atoms with Crippen molar-refractivity contribution in [1.82, 2.24) is 0 Å². The average Bonchev–Trinajstić information content (AvgIpc) is 3.08. The Morgan fingerprint density at radius 2 is 0.667 bits per heavy atom. The minimum absolute atomic E-state index is 0.182. The van der Waals surface area contributed by atoms with Crippen molar-refractivity contribution in [2.45, 2.75) is 238 Å². The molecule has 0 spiro atoms. The second-order valence-corrected chi connectivity index (χ2v) is 14.9. The standard InChI is InChI=1S/C42H83NO5/c1-3-5-7-9-11-13-15-17-19-21-23-25-27-29-31-33-40(45)47-37-35-42(43,39-44)36-38-48-41(46)34-32-30-28-26-24-22-20-18-16-14-12-10-8-6-4-2/h44H,3-39,43H2,1-2H3. The molecule has 0 aliphatic rings. The number of rotatable bonds is 39. The highest BCUT2D eigenvalue weighted by atomic mass is 16.5. The monoisotopic (exact) mass is 682 g/mol. The molecule has 0 saturated heterocycles. The molecule has 6 nitrogen and oxygen atoms in total. The lowest BCUT2D eigenvalue weighted by Crippen LogP contribution is -2.46. The third kappa shape index (κ3) is 34.7. The van der Waals surface area contributed by atoms with Crippen molar-refractivity contribution in [3.63, 3.8) is 0 Å². The van der Waals surface area contributed by atoms with Gasteiger partial charge in [-0.2, -0.15) is 0 Å².